The molecule has 2 rings (SSSR count). The summed E-state index contributed by atoms with van der Waals surface area (Å²) in [4.78, 5) is 1.83. The lowest BCUT2D eigenvalue weighted by Gasteiger charge is -2.35. The van der Waals surface area contributed by atoms with Gasteiger partial charge >= 0.3 is 0 Å². The van der Waals surface area contributed by atoms with Gasteiger partial charge in [-0.15, -0.1) is 0 Å². The first kappa shape index (κ1) is 13.6. The van der Waals surface area contributed by atoms with Gasteiger partial charge < -0.3 is 10.6 Å². The van der Waals surface area contributed by atoms with Crippen LogP contribution in [0.3, 0.4) is 0 Å². The van der Waals surface area contributed by atoms with Crippen molar-refractivity contribution in [2.24, 2.45) is 5.73 Å². The summed E-state index contributed by atoms with van der Waals surface area (Å²) in [6.45, 7) is 3.09. The number of nitrogens with two attached hydrogens (primary N) is 1. The van der Waals surface area contributed by atoms with Crippen molar-refractivity contribution in [3.8, 4) is 0 Å². The molecule has 2 nitrogen and oxygen atoms in total. The van der Waals surface area contributed by atoms with Gasteiger partial charge in [0.15, 0.2) is 0 Å². The van der Waals surface area contributed by atoms with Crippen LogP contribution in [0.25, 0.3) is 0 Å². The maximum Gasteiger partial charge on any atom is 0.149 e. The Bertz CT molecular complexity index is 402. The Labute approximate surface area is 111 Å². The fourth-order valence-electron chi connectivity index (χ4n) is 2.26. The largest absolute Gasteiger partial charge is 0.362 e. The third-order valence-corrected chi connectivity index (χ3v) is 4.35. The van der Waals surface area contributed by atoms with Gasteiger partial charge in [0.1, 0.15) is 17.3 Å². The molecule has 1 fully saturated rings. The van der Waals surface area contributed by atoms with Crippen LogP contribution in [0.4, 0.5) is 14.5 Å². The van der Waals surface area contributed by atoms with Crippen LogP contribution in [0.1, 0.15) is 12.5 Å². The fraction of sp³-hybridized carbons (Fsp3) is 0.538. The molecular formula is C13H18F2N2S. The van der Waals surface area contributed by atoms with E-state index in [4.69, 9.17) is 5.73 Å². The molecule has 1 aliphatic rings. The summed E-state index contributed by atoms with van der Waals surface area (Å²) in [6.07, 6.45) is 0.500. The minimum Gasteiger partial charge on any atom is -0.362 e. The average molecular weight is 272 g/mol. The highest BCUT2D eigenvalue weighted by Gasteiger charge is 2.24. The Morgan fingerprint density at radius 3 is 2.61 bits per heavy atom. The van der Waals surface area contributed by atoms with Crippen molar-refractivity contribution < 1.29 is 8.78 Å². The van der Waals surface area contributed by atoms with Gasteiger partial charge in [-0.25, -0.2) is 8.78 Å². The molecule has 1 atom stereocenters. The fourth-order valence-corrected chi connectivity index (χ4v) is 3.28. The summed E-state index contributed by atoms with van der Waals surface area (Å²) >= 11 is 1.82. The molecule has 0 spiro atoms. The lowest BCUT2D eigenvalue weighted by Crippen LogP contribution is -2.41. The number of hydrogen-bond acceptors (Lipinski definition) is 3. The monoisotopic (exact) mass is 272 g/mol. The number of rotatable bonds is 3. The molecule has 1 unspecified atom stereocenters. The molecule has 1 aromatic rings. The first-order chi connectivity index (χ1) is 8.63. The van der Waals surface area contributed by atoms with Crippen LogP contribution in [0, 0.1) is 11.6 Å². The van der Waals surface area contributed by atoms with Crippen molar-refractivity contribution in [2.75, 3.05) is 29.5 Å². The maximum atomic E-state index is 14.1. The van der Waals surface area contributed by atoms with Crippen LogP contribution in [0.15, 0.2) is 12.1 Å². The quantitative estimate of drug-likeness (QED) is 0.916. The zero-order valence-corrected chi connectivity index (χ0v) is 11.3. The van der Waals surface area contributed by atoms with Crippen LogP contribution < -0.4 is 10.6 Å². The molecule has 0 aliphatic carbocycles. The smallest absolute Gasteiger partial charge is 0.149 e. The maximum absolute atomic E-state index is 14.1. The zero-order chi connectivity index (χ0) is 13.1. The van der Waals surface area contributed by atoms with Gasteiger partial charge in [0.05, 0.1) is 0 Å². The summed E-state index contributed by atoms with van der Waals surface area (Å²) in [7, 11) is 0. The zero-order valence-electron chi connectivity index (χ0n) is 10.5. The van der Waals surface area contributed by atoms with Gasteiger partial charge in [0, 0.05) is 24.1 Å². The standard InChI is InChI=1S/C13H18F2N2S/c1-9-8-18-5-4-17(9)13-11(14)6-10(2-3-16)7-12(13)15/h6-7,9H,2-5,8,16H2,1H3. The van der Waals surface area contributed by atoms with Gasteiger partial charge in [0.25, 0.3) is 0 Å². The van der Waals surface area contributed by atoms with E-state index in [0.717, 1.165) is 11.5 Å². The van der Waals surface area contributed by atoms with E-state index in [1.807, 2.05) is 23.6 Å². The van der Waals surface area contributed by atoms with Crippen molar-refractivity contribution in [3.05, 3.63) is 29.3 Å². The number of benzene rings is 1. The summed E-state index contributed by atoms with van der Waals surface area (Å²) < 4.78 is 28.1. The number of nitrogens with zero attached hydrogens (tertiary/aromatic N) is 1. The van der Waals surface area contributed by atoms with Crippen LogP contribution in [0.2, 0.25) is 0 Å². The first-order valence-corrected chi connectivity index (χ1v) is 7.31. The normalized spacial score (nSPS) is 20.2. The minimum absolute atomic E-state index is 0.114. The lowest BCUT2D eigenvalue weighted by molar-refractivity contribution is 0.555. The topological polar surface area (TPSA) is 29.3 Å². The minimum atomic E-state index is -0.475. The lowest BCUT2D eigenvalue weighted by atomic mass is 10.1. The van der Waals surface area contributed by atoms with E-state index in [0.29, 0.717) is 25.1 Å². The number of hydrogen-bond donors (Lipinski definition) is 1. The van der Waals surface area contributed by atoms with Crippen LogP contribution in [0.5, 0.6) is 0 Å². The van der Waals surface area contributed by atoms with Gasteiger partial charge in [0.2, 0.25) is 0 Å². The van der Waals surface area contributed by atoms with E-state index in [9.17, 15) is 8.78 Å². The molecule has 18 heavy (non-hydrogen) atoms. The highest BCUT2D eigenvalue weighted by atomic mass is 32.2. The molecule has 1 aliphatic heterocycles. The summed E-state index contributed by atoms with van der Waals surface area (Å²) in [5.74, 6) is 0.867. The van der Waals surface area contributed by atoms with Crippen LogP contribution in [-0.2, 0) is 6.42 Å². The van der Waals surface area contributed by atoms with E-state index in [2.05, 4.69) is 0 Å². The Morgan fingerprint density at radius 1 is 1.39 bits per heavy atom. The molecule has 0 aromatic heterocycles. The SMILES string of the molecule is CC1CSCCN1c1c(F)cc(CCN)cc1F. The summed E-state index contributed by atoms with van der Waals surface area (Å²) in [5.41, 5.74) is 6.14. The molecule has 100 valence electrons. The van der Waals surface area contributed by atoms with E-state index in [1.165, 1.54) is 12.1 Å². The van der Waals surface area contributed by atoms with E-state index >= 15 is 0 Å². The molecular weight excluding hydrogens is 254 g/mol. The second-order valence-electron chi connectivity index (χ2n) is 4.56. The molecule has 0 bridgehead atoms. The highest BCUT2D eigenvalue weighted by Crippen LogP contribution is 2.30. The Morgan fingerprint density at radius 2 is 2.06 bits per heavy atom. The van der Waals surface area contributed by atoms with Crippen molar-refractivity contribution in [3.63, 3.8) is 0 Å². The second-order valence-corrected chi connectivity index (χ2v) is 5.71. The van der Waals surface area contributed by atoms with Gasteiger partial charge in [-0.1, -0.05) is 0 Å². The molecule has 5 heteroatoms. The molecule has 1 heterocycles. The van der Waals surface area contributed by atoms with Crippen molar-refractivity contribution in [1.82, 2.24) is 0 Å². The summed E-state index contributed by atoms with van der Waals surface area (Å²) in [5, 5.41) is 0. The van der Waals surface area contributed by atoms with Crippen LogP contribution >= 0.6 is 11.8 Å². The molecule has 0 radical (unpaired) electrons. The highest BCUT2D eigenvalue weighted by molar-refractivity contribution is 7.99. The van der Waals surface area contributed by atoms with Crippen molar-refractivity contribution in [1.29, 1.82) is 0 Å². The van der Waals surface area contributed by atoms with Gasteiger partial charge in [-0.05, 0) is 37.6 Å². The number of halogens is 2. The van der Waals surface area contributed by atoms with Gasteiger partial charge in [-0.2, -0.15) is 11.8 Å². The number of thioether (sulfide) groups is 1. The first-order valence-electron chi connectivity index (χ1n) is 6.16. The average Bonchev–Trinajstić information content (AvgIpc) is 2.31. The Hall–Kier alpha value is -0.810. The molecule has 0 amide bonds. The van der Waals surface area contributed by atoms with E-state index in [1.54, 1.807) is 0 Å². The Balaban J connectivity index is 2.32. The Kier molecular flexibility index (Phi) is 4.45. The van der Waals surface area contributed by atoms with Crippen molar-refractivity contribution in [2.45, 2.75) is 19.4 Å². The van der Waals surface area contributed by atoms with Crippen LogP contribution in [-0.4, -0.2) is 30.6 Å². The van der Waals surface area contributed by atoms with E-state index in [-0.39, 0.29) is 11.7 Å². The predicted octanol–water partition coefficient (Wildman–Crippen LogP) is 2.41. The predicted molar refractivity (Wildman–Crippen MR) is 73.2 cm³/mol. The molecule has 2 N–H and O–H groups in total. The third-order valence-electron chi connectivity index (χ3n) is 3.16. The van der Waals surface area contributed by atoms with Gasteiger partial charge in [-0.3, -0.25) is 0 Å². The second kappa shape index (κ2) is 5.89. The third kappa shape index (κ3) is 2.78. The summed E-state index contributed by atoms with van der Waals surface area (Å²) in [6, 6.07) is 2.97. The van der Waals surface area contributed by atoms with E-state index < -0.39 is 11.6 Å². The number of anilines is 1. The molecule has 1 aromatic carbocycles. The molecule has 0 saturated carbocycles. The molecule has 1 saturated heterocycles. The van der Waals surface area contributed by atoms with Crippen molar-refractivity contribution >= 4 is 17.4 Å².